The van der Waals surface area contributed by atoms with Crippen molar-refractivity contribution in [3.8, 4) is 5.75 Å². The fourth-order valence-electron chi connectivity index (χ4n) is 2.57. The van der Waals surface area contributed by atoms with Crippen molar-refractivity contribution in [1.82, 2.24) is 9.62 Å². The van der Waals surface area contributed by atoms with Crippen LogP contribution in [0.3, 0.4) is 0 Å². The van der Waals surface area contributed by atoms with Crippen LogP contribution in [-0.4, -0.2) is 45.3 Å². The van der Waals surface area contributed by atoms with Crippen molar-refractivity contribution in [3.05, 3.63) is 59.2 Å². The summed E-state index contributed by atoms with van der Waals surface area (Å²) in [4.78, 5) is 24.8. The molecule has 0 aromatic heterocycles. The minimum atomic E-state index is -3.81. The molecule has 1 heterocycles. The first-order chi connectivity index (χ1) is 12.3. The van der Waals surface area contributed by atoms with E-state index in [1.807, 2.05) is 31.2 Å². The van der Waals surface area contributed by atoms with Crippen molar-refractivity contribution in [3.63, 3.8) is 0 Å². The van der Waals surface area contributed by atoms with Crippen LogP contribution in [0.1, 0.15) is 26.3 Å². The van der Waals surface area contributed by atoms with Gasteiger partial charge in [-0.25, -0.2) is 13.1 Å². The third-order valence-corrected chi connectivity index (χ3v) is 5.51. The van der Waals surface area contributed by atoms with Crippen molar-refractivity contribution < 1.29 is 22.7 Å². The van der Waals surface area contributed by atoms with Gasteiger partial charge < -0.3 is 4.74 Å². The maximum atomic E-state index is 12.4. The number of hydrogen-bond acceptors (Lipinski definition) is 5. The molecule has 1 aliphatic heterocycles. The molecule has 0 atom stereocenters. The summed E-state index contributed by atoms with van der Waals surface area (Å²) in [5.74, 6) is -0.294. The Hall–Kier alpha value is -2.71. The second-order valence-electron chi connectivity index (χ2n) is 5.94. The van der Waals surface area contributed by atoms with Gasteiger partial charge in [-0.1, -0.05) is 17.7 Å². The van der Waals surface area contributed by atoms with Crippen molar-refractivity contribution in [1.29, 1.82) is 0 Å². The van der Waals surface area contributed by atoms with Gasteiger partial charge in [0.25, 0.3) is 11.8 Å². The largest absolute Gasteiger partial charge is 0.492 e. The van der Waals surface area contributed by atoms with Gasteiger partial charge in [0.1, 0.15) is 12.4 Å². The fourth-order valence-corrected chi connectivity index (χ4v) is 3.61. The molecule has 2 amide bonds. The predicted octanol–water partition coefficient (Wildman–Crippen LogP) is 1.58. The molecule has 0 unspecified atom stereocenters. The molecular formula is C18H18N2O5S. The molecule has 0 spiro atoms. The summed E-state index contributed by atoms with van der Waals surface area (Å²) in [6, 6.07) is 11.3. The maximum Gasteiger partial charge on any atom is 0.261 e. The summed E-state index contributed by atoms with van der Waals surface area (Å²) in [6.07, 6.45) is 0. The van der Waals surface area contributed by atoms with Crippen LogP contribution in [-0.2, 0) is 10.0 Å². The highest BCUT2D eigenvalue weighted by molar-refractivity contribution is 7.89. The van der Waals surface area contributed by atoms with Crippen molar-refractivity contribution in [2.75, 3.05) is 20.2 Å². The molecule has 1 aliphatic rings. The van der Waals surface area contributed by atoms with E-state index >= 15 is 0 Å². The summed E-state index contributed by atoms with van der Waals surface area (Å²) in [6.45, 7) is 2.19. The second-order valence-corrected chi connectivity index (χ2v) is 7.70. The molecule has 3 rings (SSSR count). The average molecular weight is 374 g/mol. The van der Waals surface area contributed by atoms with Gasteiger partial charge in [-0.05, 0) is 37.3 Å². The maximum absolute atomic E-state index is 12.4. The number of carbonyl (C=O) groups is 2. The van der Waals surface area contributed by atoms with E-state index in [9.17, 15) is 18.0 Å². The van der Waals surface area contributed by atoms with Gasteiger partial charge in [-0.2, -0.15) is 0 Å². The van der Waals surface area contributed by atoms with E-state index in [2.05, 4.69) is 4.72 Å². The smallest absolute Gasteiger partial charge is 0.261 e. The van der Waals surface area contributed by atoms with Gasteiger partial charge in [-0.3, -0.25) is 14.5 Å². The van der Waals surface area contributed by atoms with Crippen LogP contribution in [0.4, 0.5) is 0 Å². The monoisotopic (exact) mass is 374 g/mol. The van der Waals surface area contributed by atoms with Crippen LogP contribution < -0.4 is 9.46 Å². The molecule has 136 valence electrons. The van der Waals surface area contributed by atoms with Crippen LogP contribution in [0.25, 0.3) is 0 Å². The number of nitrogens with zero attached hydrogens (tertiary/aromatic N) is 1. The highest BCUT2D eigenvalue weighted by atomic mass is 32.2. The number of benzene rings is 2. The van der Waals surface area contributed by atoms with Gasteiger partial charge in [0, 0.05) is 13.6 Å². The number of nitrogens with one attached hydrogen (secondary N) is 1. The van der Waals surface area contributed by atoms with E-state index < -0.39 is 21.8 Å². The zero-order chi connectivity index (χ0) is 18.9. The van der Waals surface area contributed by atoms with E-state index in [0.29, 0.717) is 5.75 Å². The number of imide groups is 1. The number of hydrogen-bond donors (Lipinski definition) is 1. The first-order valence-electron chi connectivity index (χ1n) is 7.95. The summed E-state index contributed by atoms with van der Waals surface area (Å²) >= 11 is 0. The third-order valence-electron chi connectivity index (χ3n) is 4.06. The van der Waals surface area contributed by atoms with Crippen LogP contribution in [0.5, 0.6) is 5.75 Å². The topological polar surface area (TPSA) is 92.8 Å². The molecule has 1 N–H and O–H groups in total. The Bertz CT molecular complexity index is 968. The molecule has 0 aliphatic carbocycles. The Morgan fingerprint density at radius 2 is 1.65 bits per heavy atom. The average Bonchev–Trinajstić information content (AvgIpc) is 2.84. The molecule has 0 saturated heterocycles. The van der Waals surface area contributed by atoms with E-state index in [1.165, 1.54) is 25.2 Å². The molecule has 0 fully saturated rings. The van der Waals surface area contributed by atoms with Gasteiger partial charge in [0.05, 0.1) is 16.0 Å². The number of amides is 2. The lowest BCUT2D eigenvalue weighted by atomic mass is 10.1. The lowest BCUT2D eigenvalue weighted by molar-refractivity contribution is 0.0693. The predicted molar refractivity (Wildman–Crippen MR) is 94.7 cm³/mol. The molecule has 7 nitrogen and oxygen atoms in total. The minimum Gasteiger partial charge on any atom is -0.492 e. The lowest BCUT2D eigenvalue weighted by Gasteiger charge is -2.09. The van der Waals surface area contributed by atoms with E-state index in [4.69, 9.17) is 4.74 Å². The van der Waals surface area contributed by atoms with Crippen LogP contribution in [0.2, 0.25) is 0 Å². The molecule has 2 aromatic rings. The van der Waals surface area contributed by atoms with Crippen molar-refractivity contribution in [2.45, 2.75) is 11.8 Å². The third kappa shape index (κ3) is 3.47. The summed E-state index contributed by atoms with van der Waals surface area (Å²) in [5, 5.41) is 0. The van der Waals surface area contributed by atoms with E-state index in [0.717, 1.165) is 10.5 Å². The molecule has 0 radical (unpaired) electrons. The number of aryl methyl sites for hydroxylation is 1. The lowest BCUT2D eigenvalue weighted by Crippen LogP contribution is -2.28. The van der Waals surface area contributed by atoms with E-state index in [1.54, 1.807) is 0 Å². The Kier molecular flexibility index (Phi) is 4.80. The standard InChI is InChI=1S/C18H18N2O5S/c1-12-3-5-13(6-4-12)25-10-9-19-26(23,24)14-7-8-15-16(11-14)18(22)20(2)17(15)21/h3-8,11,19H,9-10H2,1-2H3. The Balaban J connectivity index is 1.65. The Labute approximate surface area is 151 Å². The molecule has 2 aromatic carbocycles. The summed E-state index contributed by atoms with van der Waals surface area (Å²) in [7, 11) is -2.45. The number of fused-ring (bicyclic) bond motifs is 1. The minimum absolute atomic E-state index is 0.0666. The molecule has 0 bridgehead atoms. The van der Waals surface area contributed by atoms with Crippen molar-refractivity contribution in [2.24, 2.45) is 0 Å². The molecular weight excluding hydrogens is 356 g/mol. The summed E-state index contributed by atoms with van der Waals surface area (Å²) < 4.78 is 32.7. The van der Waals surface area contributed by atoms with Gasteiger partial charge in [0.2, 0.25) is 10.0 Å². The number of ether oxygens (including phenoxy) is 1. The molecule has 0 saturated carbocycles. The fraction of sp³-hybridized carbons (Fsp3) is 0.222. The Morgan fingerprint density at radius 3 is 2.35 bits per heavy atom. The first kappa shape index (κ1) is 18.1. The van der Waals surface area contributed by atoms with Crippen molar-refractivity contribution >= 4 is 21.8 Å². The number of rotatable bonds is 6. The van der Waals surface area contributed by atoms with Crippen LogP contribution in [0, 0.1) is 6.92 Å². The van der Waals surface area contributed by atoms with Gasteiger partial charge in [-0.15, -0.1) is 0 Å². The second kappa shape index (κ2) is 6.89. The van der Waals surface area contributed by atoms with E-state index in [-0.39, 0.29) is 29.2 Å². The quantitative estimate of drug-likeness (QED) is 0.612. The molecule has 8 heteroatoms. The number of carbonyl (C=O) groups excluding carboxylic acids is 2. The van der Waals surface area contributed by atoms with Crippen LogP contribution in [0.15, 0.2) is 47.4 Å². The summed E-state index contributed by atoms with van der Waals surface area (Å²) in [5.41, 5.74) is 1.41. The van der Waals surface area contributed by atoms with Gasteiger partial charge in [0.15, 0.2) is 0 Å². The highest BCUT2D eigenvalue weighted by Gasteiger charge is 2.33. The first-order valence-corrected chi connectivity index (χ1v) is 9.43. The highest BCUT2D eigenvalue weighted by Crippen LogP contribution is 2.24. The zero-order valence-electron chi connectivity index (χ0n) is 14.4. The number of sulfonamides is 1. The van der Waals surface area contributed by atoms with Gasteiger partial charge >= 0.3 is 0 Å². The van der Waals surface area contributed by atoms with Crippen LogP contribution >= 0.6 is 0 Å². The zero-order valence-corrected chi connectivity index (χ0v) is 15.2. The normalized spacial score (nSPS) is 13.8. The Morgan fingerprint density at radius 1 is 1.00 bits per heavy atom. The molecule has 26 heavy (non-hydrogen) atoms. The SMILES string of the molecule is Cc1ccc(OCCNS(=O)(=O)c2ccc3c(c2)C(=O)N(C)C3=O)cc1.